The van der Waals surface area contributed by atoms with E-state index in [2.05, 4.69) is 35.8 Å². The van der Waals surface area contributed by atoms with Crippen molar-refractivity contribution in [2.45, 2.75) is 38.6 Å². The molecular weight excluding hydrogens is 256 g/mol. The van der Waals surface area contributed by atoms with Gasteiger partial charge in [-0.25, -0.2) is 0 Å². The van der Waals surface area contributed by atoms with Gasteiger partial charge in [0.1, 0.15) is 0 Å². The van der Waals surface area contributed by atoms with Crippen molar-refractivity contribution >= 4 is 23.0 Å². The fourth-order valence-electron chi connectivity index (χ4n) is 2.57. The van der Waals surface area contributed by atoms with E-state index in [4.69, 9.17) is 17.0 Å². The van der Waals surface area contributed by atoms with Gasteiger partial charge in [0.05, 0.1) is 6.61 Å². The third-order valence-electron chi connectivity index (χ3n) is 3.44. The lowest BCUT2D eigenvalue weighted by molar-refractivity contribution is 0.179. The number of fused-ring (bicyclic) bond motifs is 1. The Hall–Kier alpha value is -1.13. The first-order valence-electron chi connectivity index (χ1n) is 6.88. The molecule has 0 aliphatic heterocycles. The highest BCUT2D eigenvalue weighted by molar-refractivity contribution is 7.80. The van der Waals surface area contributed by atoms with Gasteiger partial charge in [-0.1, -0.05) is 12.1 Å². The van der Waals surface area contributed by atoms with Crippen molar-refractivity contribution < 1.29 is 4.74 Å². The van der Waals surface area contributed by atoms with Crippen LogP contribution < -0.4 is 10.6 Å². The van der Waals surface area contributed by atoms with Crippen molar-refractivity contribution in [3.8, 4) is 0 Å². The van der Waals surface area contributed by atoms with Crippen LogP contribution in [-0.2, 0) is 17.6 Å². The van der Waals surface area contributed by atoms with Crippen molar-refractivity contribution in [2.75, 3.05) is 19.0 Å². The van der Waals surface area contributed by atoms with Gasteiger partial charge < -0.3 is 15.4 Å². The van der Waals surface area contributed by atoms with Gasteiger partial charge in [0.2, 0.25) is 0 Å². The summed E-state index contributed by atoms with van der Waals surface area (Å²) >= 11 is 5.35. The third kappa shape index (κ3) is 3.91. The highest BCUT2D eigenvalue weighted by Gasteiger charge is 2.13. The molecule has 0 heterocycles. The number of hydrogen-bond acceptors (Lipinski definition) is 2. The SMILES string of the molecule is COCC(C)NC(=S)Nc1cccc2c1CCCC2. The standard InChI is InChI=1S/C15H22N2OS/c1-11(10-18-2)16-15(19)17-14-9-5-7-12-6-3-4-8-13(12)14/h5,7,9,11H,3-4,6,8,10H2,1-2H3,(H2,16,17,19). The van der Waals surface area contributed by atoms with Crippen LogP contribution in [0.1, 0.15) is 30.9 Å². The molecule has 2 N–H and O–H groups in total. The Bertz CT molecular complexity index is 448. The zero-order valence-electron chi connectivity index (χ0n) is 11.7. The minimum absolute atomic E-state index is 0.213. The van der Waals surface area contributed by atoms with Crippen molar-refractivity contribution in [2.24, 2.45) is 0 Å². The zero-order valence-corrected chi connectivity index (χ0v) is 12.5. The molecule has 0 spiro atoms. The zero-order chi connectivity index (χ0) is 13.7. The molecule has 19 heavy (non-hydrogen) atoms. The smallest absolute Gasteiger partial charge is 0.171 e. The van der Waals surface area contributed by atoms with Gasteiger partial charge in [0.25, 0.3) is 0 Å². The Balaban J connectivity index is 2.01. The molecule has 0 fully saturated rings. The normalized spacial score (nSPS) is 15.5. The predicted molar refractivity (Wildman–Crippen MR) is 83.8 cm³/mol. The number of aryl methyl sites for hydroxylation is 1. The van der Waals surface area contributed by atoms with Crippen LogP contribution in [-0.4, -0.2) is 24.9 Å². The molecule has 0 saturated heterocycles. The lowest BCUT2D eigenvalue weighted by Gasteiger charge is -2.22. The lowest BCUT2D eigenvalue weighted by atomic mass is 9.90. The van der Waals surface area contributed by atoms with E-state index in [-0.39, 0.29) is 6.04 Å². The topological polar surface area (TPSA) is 33.3 Å². The van der Waals surface area contributed by atoms with Crippen LogP contribution in [0.2, 0.25) is 0 Å². The molecule has 0 bridgehead atoms. The molecule has 1 atom stereocenters. The number of nitrogens with one attached hydrogen (secondary N) is 2. The fraction of sp³-hybridized carbons (Fsp3) is 0.533. The minimum atomic E-state index is 0.213. The maximum atomic E-state index is 5.35. The van der Waals surface area contributed by atoms with Crippen LogP contribution in [0.15, 0.2) is 18.2 Å². The van der Waals surface area contributed by atoms with Crippen LogP contribution >= 0.6 is 12.2 Å². The molecule has 4 heteroatoms. The number of thiocarbonyl (C=S) groups is 1. The van der Waals surface area contributed by atoms with Crippen molar-refractivity contribution in [3.63, 3.8) is 0 Å². The van der Waals surface area contributed by atoms with Crippen LogP contribution in [0.5, 0.6) is 0 Å². The van der Waals surface area contributed by atoms with Crippen LogP contribution in [0.25, 0.3) is 0 Å². The van der Waals surface area contributed by atoms with E-state index in [9.17, 15) is 0 Å². The molecule has 1 aliphatic rings. The third-order valence-corrected chi connectivity index (χ3v) is 3.66. The summed E-state index contributed by atoms with van der Waals surface area (Å²) < 4.78 is 5.10. The number of hydrogen-bond donors (Lipinski definition) is 2. The van der Waals surface area contributed by atoms with Gasteiger partial charge >= 0.3 is 0 Å². The first-order chi connectivity index (χ1) is 9.20. The molecular formula is C15H22N2OS. The Labute approximate surface area is 120 Å². The van der Waals surface area contributed by atoms with E-state index in [1.54, 1.807) is 7.11 Å². The summed E-state index contributed by atoms with van der Waals surface area (Å²) in [7, 11) is 1.70. The van der Waals surface area contributed by atoms with E-state index in [0.29, 0.717) is 11.7 Å². The molecule has 1 unspecified atom stereocenters. The summed E-state index contributed by atoms with van der Waals surface area (Å²) in [6.07, 6.45) is 4.90. The largest absolute Gasteiger partial charge is 0.383 e. The minimum Gasteiger partial charge on any atom is -0.383 e. The summed E-state index contributed by atoms with van der Waals surface area (Å²) in [5, 5.41) is 7.23. The summed E-state index contributed by atoms with van der Waals surface area (Å²) in [4.78, 5) is 0. The van der Waals surface area contributed by atoms with Gasteiger partial charge in [0.15, 0.2) is 5.11 Å². The average Bonchev–Trinajstić information content (AvgIpc) is 2.39. The molecule has 104 valence electrons. The van der Waals surface area contributed by atoms with Crippen molar-refractivity contribution in [1.29, 1.82) is 0 Å². The van der Waals surface area contributed by atoms with Gasteiger partial charge in [0, 0.05) is 18.8 Å². The molecule has 0 radical (unpaired) electrons. The molecule has 1 aromatic carbocycles. The second-order valence-corrected chi connectivity index (χ2v) is 5.51. The first kappa shape index (κ1) is 14.3. The molecule has 1 aliphatic carbocycles. The van der Waals surface area contributed by atoms with Gasteiger partial charge in [-0.3, -0.25) is 0 Å². The predicted octanol–water partition coefficient (Wildman–Crippen LogP) is 2.89. The van der Waals surface area contributed by atoms with E-state index in [0.717, 1.165) is 12.1 Å². The number of ether oxygens (including phenoxy) is 1. The summed E-state index contributed by atoms with van der Waals surface area (Å²) in [6.45, 7) is 2.70. The maximum absolute atomic E-state index is 5.35. The second kappa shape index (κ2) is 6.87. The highest BCUT2D eigenvalue weighted by atomic mass is 32.1. The second-order valence-electron chi connectivity index (χ2n) is 5.11. The Morgan fingerprint density at radius 2 is 2.16 bits per heavy atom. The Morgan fingerprint density at radius 3 is 2.95 bits per heavy atom. The highest BCUT2D eigenvalue weighted by Crippen LogP contribution is 2.27. The van der Waals surface area contributed by atoms with Gasteiger partial charge in [-0.05, 0) is 62.0 Å². The van der Waals surface area contributed by atoms with Crippen LogP contribution in [0.3, 0.4) is 0 Å². The maximum Gasteiger partial charge on any atom is 0.171 e. The molecule has 0 saturated carbocycles. The van der Waals surface area contributed by atoms with Crippen LogP contribution in [0.4, 0.5) is 5.69 Å². The van der Waals surface area contributed by atoms with Crippen molar-refractivity contribution in [3.05, 3.63) is 29.3 Å². The van der Waals surface area contributed by atoms with E-state index in [1.165, 1.54) is 30.4 Å². The van der Waals surface area contributed by atoms with Gasteiger partial charge in [-0.15, -0.1) is 0 Å². The van der Waals surface area contributed by atoms with Crippen molar-refractivity contribution in [1.82, 2.24) is 5.32 Å². The number of rotatable bonds is 4. The molecule has 2 rings (SSSR count). The summed E-state index contributed by atoms with van der Waals surface area (Å²) in [5.74, 6) is 0. The van der Waals surface area contributed by atoms with E-state index >= 15 is 0 Å². The monoisotopic (exact) mass is 278 g/mol. The Kier molecular flexibility index (Phi) is 5.16. The summed E-state index contributed by atoms with van der Waals surface area (Å²) in [6, 6.07) is 6.65. The quantitative estimate of drug-likeness (QED) is 0.830. The molecule has 0 amide bonds. The first-order valence-corrected chi connectivity index (χ1v) is 7.28. The fourth-order valence-corrected chi connectivity index (χ4v) is 2.88. The number of anilines is 1. The molecule has 3 nitrogen and oxygen atoms in total. The molecule has 0 aromatic heterocycles. The molecule has 1 aromatic rings. The average molecular weight is 278 g/mol. The van der Waals surface area contributed by atoms with Crippen LogP contribution in [0, 0.1) is 0 Å². The number of methoxy groups -OCH3 is 1. The lowest BCUT2D eigenvalue weighted by Crippen LogP contribution is -2.38. The van der Waals surface area contributed by atoms with E-state index < -0.39 is 0 Å². The summed E-state index contributed by atoms with van der Waals surface area (Å²) in [5.41, 5.74) is 4.04. The van der Waals surface area contributed by atoms with Gasteiger partial charge in [-0.2, -0.15) is 0 Å². The Morgan fingerprint density at radius 1 is 1.37 bits per heavy atom. The number of benzene rings is 1. The van der Waals surface area contributed by atoms with E-state index in [1.807, 2.05) is 0 Å².